The van der Waals surface area contributed by atoms with E-state index in [1.807, 2.05) is 24.3 Å². The van der Waals surface area contributed by atoms with Gasteiger partial charge in [-0.15, -0.1) is 0 Å². The Hall–Kier alpha value is -4.87. The molecule has 0 saturated heterocycles. The third kappa shape index (κ3) is 8.81. The molecule has 0 saturated carbocycles. The molecule has 2 aromatic heterocycles. The zero-order valence-electron chi connectivity index (χ0n) is 24.1. The van der Waals surface area contributed by atoms with Gasteiger partial charge in [-0.2, -0.15) is 5.10 Å². The highest BCUT2D eigenvalue weighted by Gasteiger charge is 2.16. The van der Waals surface area contributed by atoms with Gasteiger partial charge in [0.15, 0.2) is 5.83 Å². The lowest BCUT2D eigenvalue weighted by Crippen LogP contribution is -2.24. The second kappa shape index (κ2) is 15.4. The molecule has 43 heavy (non-hydrogen) atoms. The van der Waals surface area contributed by atoms with E-state index in [4.69, 9.17) is 9.47 Å². The summed E-state index contributed by atoms with van der Waals surface area (Å²) in [6.45, 7) is 2.83. The van der Waals surface area contributed by atoms with Crippen molar-refractivity contribution in [1.82, 2.24) is 25.1 Å². The molecule has 10 nitrogen and oxygen atoms in total. The monoisotopic (exact) mass is 592 g/mol. The first kappa shape index (κ1) is 31.1. The molecule has 0 aliphatic rings. The molecule has 2 heterocycles. The van der Waals surface area contributed by atoms with E-state index in [0.717, 1.165) is 35.4 Å². The fourth-order valence-electron chi connectivity index (χ4n) is 4.47. The summed E-state index contributed by atoms with van der Waals surface area (Å²) in [7, 11) is 1.39. The predicted molar refractivity (Wildman–Crippen MR) is 159 cm³/mol. The highest BCUT2D eigenvalue weighted by Crippen LogP contribution is 2.29. The Morgan fingerprint density at radius 3 is 2.70 bits per heavy atom. The smallest absolute Gasteiger partial charge is 0.305 e. The second-order valence-corrected chi connectivity index (χ2v) is 9.69. The highest BCUT2D eigenvalue weighted by molar-refractivity contribution is 5.96. The van der Waals surface area contributed by atoms with E-state index in [0.29, 0.717) is 44.6 Å². The van der Waals surface area contributed by atoms with Gasteiger partial charge in [0, 0.05) is 24.0 Å². The Bertz CT molecular complexity index is 1590. The Kier molecular flexibility index (Phi) is 11.1. The van der Waals surface area contributed by atoms with Crippen molar-refractivity contribution in [3.63, 3.8) is 0 Å². The van der Waals surface area contributed by atoms with Gasteiger partial charge in [0.1, 0.15) is 18.0 Å². The summed E-state index contributed by atoms with van der Waals surface area (Å²) >= 11 is 0. The zero-order chi connectivity index (χ0) is 30.6. The molecular weight excluding hydrogens is 558 g/mol. The van der Waals surface area contributed by atoms with E-state index in [-0.39, 0.29) is 29.0 Å². The Labute approximate surface area is 248 Å². The van der Waals surface area contributed by atoms with E-state index in [1.54, 1.807) is 23.9 Å². The van der Waals surface area contributed by atoms with E-state index >= 15 is 0 Å². The van der Waals surface area contributed by atoms with E-state index in [9.17, 15) is 18.4 Å². The van der Waals surface area contributed by atoms with Crippen LogP contribution in [0.5, 0.6) is 5.88 Å². The minimum Gasteiger partial charge on any atom is -0.480 e. The number of rotatable bonds is 15. The number of fused-ring (bicyclic) bond motifs is 1. The standard InChI is InChI=1S/C31H34F2N6O4/c1-3-43-28(40)11-6-4-5-7-14-34-30(41)26(33)17-25-29(35-20-36-31(25)42-2)38-24-12-13-27-22(16-24)18-37-39(27)19-21-9-8-10-23(32)15-21/h8-10,12-13,15-18,20H,3-7,11,14,19H2,1-2H3,(H,34,41)(H,35,36,38)/b26-17-. The minimum absolute atomic E-state index is 0.0889. The molecule has 0 atom stereocenters. The maximum Gasteiger partial charge on any atom is 0.305 e. The van der Waals surface area contributed by atoms with Gasteiger partial charge >= 0.3 is 5.97 Å². The first-order valence-electron chi connectivity index (χ1n) is 14.0. The van der Waals surface area contributed by atoms with Crippen molar-refractivity contribution in [3.8, 4) is 5.88 Å². The van der Waals surface area contributed by atoms with Gasteiger partial charge in [-0.1, -0.05) is 25.0 Å². The quantitative estimate of drug-likeness (QED) is 0.102. The number of amides is 1. The van der Waals surface area contributed by atoms with Crippen LogP contribution < -0.4 is 15.4 Å². The Morgan fingerprint density at radius 2 is 1.91 bits per heavy atom. The summed E-state index contributed by atoms with van der Waals surface area (Å²) < 4.78 is 40.5. The van der Waals surface area contributed by atoms with Crippen LogP contribution in [0.15, 0.2) is 60.8 Å². The van der Waals surface area contributed by atoms with Crippen molar-refractivity contribution in [3.05, 3.63) is 77.8 Å². The van der Waals surface area contributed by atoms with Gasteiger partial charge in [-0.25, -0.2) is 18.7 Å². The third-order valence-corrected chi connectivity index (χ3v) is 6.55. The molecule has 0 spiro atoms. The molecule has 0 unspecified atom stereocenters. The minimum atomic E-state index is -1.02. The van der Waals surface area contributed by atoms with Crippen molar-refractivity contribution in [1.29, 1.82) is 0 Å². The maximum absolute atomic E-state index is 14.9. The fourth-order valence-corrected chi connectivity index (χ4v) is 4.47. The number of halogens is 2. The Balaban J connectivity index is 1.39. The number of carbonyl (C=O) groups is 2. The van der Waals surface area contributed by atoms with Crippen LogP contribution in [0.3, 0.4) is 0 Å². The number of carbonyl (C=O) groups excluding carboxylic acids is 2. The van der Waals surface area contributed by atoms with Crippen LogP contribution in [0.4, 0.5) is 20.3 Å². The van der Waals surface area contributed by atoms with Crippen molar-refractivity contribution >= 4 is 40.4 Å². The summed E-state index contributed by atoms with van der Waals surface area (Å²) in [5, 5.41) is 11.0. The van der Waals surface area contributed by atoms with Crippen LogP contribution in [0.2, 0.25) is 0 Å². The summed E-state index contributed by atoms with van der Waals surface area (Å²) in [5.74, 6) is -2.08. The fraction of sp³-hybridized carbons (Fsp3) is 0.323. The Morgan fingerprint density at radius 1 is 1.07 bits per heavy atom. The van der Waals surface area contributed by atoms with Crippen LogP contribution in [0.1, 0.15) is 50.2 Å². The average molecular weight is 593 g/mol. The molecule has 4 rings (SSSR count). The molecule has 0 fully saturated rings. The first-order chi connectivity index (χ1) is 20.9. The van der Waals surface area contributed by atoms with Crippen molar-refractivity contribution in [2.75, 3.05) is 25.6 Å². The number of ether oxygens (including phenoxy) is 2. The highest BCUT2D eigenvalue weighted by atomic mass is 19.1. The molecule has 1 amide bonds. The molecule has 0 aliphatic heterocycles. The molecular formula is C31H34F2N6O4. The number of hydrogen-bond donors (Lipinski definition) is 2. The number of methoxy groups -OCH3 is 1. The lowest BCUT2D eigenvalue weighted by molar-refractivity contribution is -0.143. The molecule has 0 radical (unpaired) electrons. The van der Waals surface area contributed by atoms with E-state index in [1.165, 1.54) is 25.6 Å². The normalized spacial score (nSPS) is 11.4. The summed E-state index contributed by atoms with van der Waals surface area (Å²) in [4.78, 5) is 32.1. The molecule has 0 bridgehead atoms. The molecule has 2 aromatic carbocycles. The number of nitrogens with one attached hydrogen (secondary N) is 2. The largest absolute Gasteiger partial charge is 0.480 e. The number of anilines is 2. The topological polar surface area (TPSA) is 120 Å². The van der Waals surface area contributed by atoms with E-state index < -0.39 is 11.7 Å². The number of benzene rings is 2. The lowest BCUT2D eigenvalue weighted by atomic mass is 10.1. The number of esters is 1. The van der Waals surface area contributed by atoms with Crippen LogP contribution in [0.25, 0.3) is 17.0 Å². The van der Waals surface area contributed by atoms with Crippen LogP contribution in [-0.2, 0) is 20.9 Å². The van der Waals surface area contributed by atoms with Crippen molar-refractivity contribution in [2.24, 2.45) is 0 Å². The molecule has 0 aliphatic carbocycles. The zero-order valence-corrected chi connectivity index (χ0v) is 24.1. The number of aromatic nitrogens is 4. The number of hydrogen-bond acceptors (Lipinski definition) is 8. The van der Waals surface area contributed by atoms with Crippen molar-refractivity contribution < 1.29 is 27.8 Å². The molecule has 12 heteroatoms. The molecule has 226 valence electrons. The van der Waals surface area contributed by atoms with Gasteiger partial charge in [-0.05, 0) is 61.7 Å². The van der Waals surface area contributed by atoms with Gasteiger partial charge < -0.3 is 20.1 Å². The molecule has 4 aromatic rings. The SMILES string of the molecule is CCOC(=O)CCCCCCNC(=O)/C(F)=C/c1c(Nc2ccc3c(cnn3Cc3cccc(F)c3)c2)ncnc1OC. The number of nitrogens with zero attached hydrogens (tertiary/aromatic N) is 4. The van der Waals surface area contributed by atoms with Gasteiger partial charge in [-0.3, -0.25) is 14.3 Å². The predicted octanol–water partition coefficient (Wildman–Crippen LogP) is 5.71. The lowest BCUT2D eigenvalue weighted by Gasteiger charge is -2.12. The maximum atomic E-state index is 14.9. The first-order valence-corrected chi connectivity index (χ1v) is 14.0. The van der Waals surface area contributed by atoms with E-state index in [2.05, 4.69) is 25.7 Å². The molecule has 2 N–H and O–H groups in total. The second-order valence-electron chi connectivity index (χ2n) is 9.69. The van der Waals surface area contributed by atoms with Crippen molar-refractivity contribution in [2.45, 2.75) is 45.6 Å². The average Bonchev–Trinajstić information content (AvgIpc) is 3.39. The summed E-state index contributed by atoms with van der Waals surface area (Å²) in [5.41, 5.74) is 2.44. The van der Waals surface area contributed by atoms with Gasteiger partial charge in [0.05, 0.1) is 37.5 Å². The van der Waals surface area contributed by atoms with Crippen LogP contribution >= 0.6 is 0 Å². The summed E-state index contributed by atoms with van der Waals surface area (Å²) in [6.07, 6.45) is 7.31. The third-order valence-electron chi connectivity index (χ3n) is 6.55. The van der Waals surface area contributed by atoms with Crippen LogP contribution in [-0.4, -0.2) is 51.9 Å². The van der Waals surface area contributed by atoms with Gasteiger partial charge in [0.2, 0.25) is 5.88 Å². The van der Waals surface area contributed by atoms with Gasteiger partial charge in [0.25, 0.3) is 5.91 Å². The summed E-state index contributed by atoms with van der Waals surface area (Å²) in [6, 6.07) is 11.9. The number of unbranched alkanes of at least 4 members (excludes halogenated alkanes) is 3. The van der Waals surface area contributed by atoms with Crippen LogP contribution in [0, 0.1) is 5.82 Å².